The molecule has 0 spiro atoms. The van der Waals surface area contributed by atoms with E-state index in [0.29, 0.717) is 25.4 Å². The van der Waals surface area contributed by atoms with E-state index in [9.17, 15) is 9.59 Å². The number of carbonyl (C=O) groups excluding carboxylic acids is 2. The molecular weight excluding hydrogens is 306 g/mol. The van der Waals surface area contributed by atoms with E-state index in [1.807, 2.05) is 11.6 Å². The van der Waals surface area contributed by atoms with Crippen molar-refractivity contribution in [2.24, 2.45) is 5.92 Å². The van der Waals surface area contributed by atoms with Crippen molar-refractivity contribution in [2.45, 2.75) is 59.5 Å². The minimum atomic E-state index is -0.389. The second-order valence-corrected chi connectivity index (χ2v) is 6.65. The average molecular weight is 335 g/mol. The Morgan fingerprint density at radius 3 is 2.83 bits per heavy atom. The van der Waals surface area contributed by atoms with Gasteiger partial charge in [0.05, 0.1) is 17.6 Å². The number of carbonyl (C=O) groups is 2. The Labute approximate surface area is 143 Å². The molecule has 7 heteroatoms. The molecule has 0 aliphatic carbocycles. The van der Waals surface area contributed by atoms with Crippen molar-refractivity contribution >= 4 is 17.6 Å². The molecule has 24 heavy (non-hydrogen) atoms. The van der Waals surface area contributed by atoms with Crippen LogP contribution >= 0.6 is 0 Å². The Morgan fingerprint density at radius 2 is 2.21 bits per heavy atom. The van der Waals surface area contributed by atoms with E-state index in [-0.39, 0.29) is 18.0 Å². The summed E-state index contributed by atoms with van der Waals surface area (Å²) >= 11 is 0. The zero-order valence-electron chi connectivity index (χ0n) is 15.1. The van der Waals surface area contributed by atoms with Gasteiger partial charge in [0, 0.05) is 19.6 Å². The third-order valence-corrected chi connectivity index (χ3v) is 4.22. The molecule has 2 heterocycles. The fraction of sp³-hybridized carbons (Fsp3) is 0.706. The molecule has 0 bridgehead atoms. The van der Waals surface area contributed by atoms with Crippen molar-refractivity contribution < 1.29 is 9.59 Å². The minimum Gasteiger partial charge on any atom is -0.353 e. The molecule has 1 atom stereocenters. The topological polar surface area (TPSA) is 79.3 Å². The van der Waals surface area contributed by atoms with E-state index < -0.39 is 0 Å². The standard InChI is InChI=1S/C17H29N5O2/c1-5-7-15-16(23)18-8-9-21(15)17(24)20-13-10-19-22(11-12(3)4)14(13)6-2/h10,12,15H,5-9,11H2,1-4H3,(H,18,23)(H,20,24)/t15-/m0/s1. The van der Waals surface area contributed by atoms with Gasteiger partial charge in [-0.1, -0.05) is 34.1 Å². The van der Waals surface area contributed by atoms with Crippen LogP contribution in [0.5, 0.6) is 0 Å². The van der Waals surface area contributed by atoms with Crippen molar-refractivity contribution in [1.29, 1.82) is 0 Å². The predicted molar refractivity (Wildman–Crippen MR) is 93.9 cm³/mol. The van der Waals surface area contributed by atoms with Crippen LogP contribution in [0.4, 0.5) is 10.5 Å². The lowest BCUT2D eigenvalue weighted by atomic mass is 10.1. The highest BCUT2D eigenvalue weighted by Crippen LogP contribution is 2.19. The number of urea groups is 1. The highest BCUT2D eigenvalue weighted by molar-refractivity contribution is 5.94. The molecule has 0 aromatic carbocycles. The summed E-state index contributed by atoms with van der Waals surface area (Å²) in [6, 6.07) is -0.610. The summed E-state index contributed by atoms with van der Waals surface area (Å²) in [6.45, 7) is 10.2. The van der Waals surface area contributed by atoms with E-state index in [0.717, 1.165) is 30.8 Å². The molecule has 1 aliphatic heterocycles. The van der Waals surface area contributed by atoms with Gasteiger partial charge >= 0.3 is 6.03 Å². The molecule has 1 aromatic rings. The first-order valence-electron chi connectivity index (χ1n) is 8.87. The summed E-state index contributed by atoms with van der Waals surface area (Å²) < 4.78 is 1.95. The molecule has 1 saturated heterocycles. The van der Waals surface area contributed by atoms with Gasteiger partial charge < -0.3 is 15.5 Å². The normalized spacial score (nSPS) is 18.0. The van der Waals surface area contributed by atoms with Crippen LogP contribution < -0.4 is 10.6 Å². The summed E-state index contributed by atoms with van der Waals surface area (Å²) in [5.41, 5.74) is 1.76. The lowest BCUT2D eigenvalue weighted by molar-refractivity contribution is -0.127. The van der Waals surface area contributed by atoms with Crippen LogP contribution in [0.1, 0.15) is 46.2 Å². The number of amides is 3. The zero-order chi connectivity index (χ0) is 17.7. The summed E-state index contributed by atoms with van der Waals surface area (Å²) in [4.78, 5) is 26.4. The highest BCUT2D eigenvalue weighted by Gasteiger charge is 2.32. The Kier molecular flexibility index (Phi) is 6.23. The molecule has 134 valence electrons. The SMILES string of the molecule is CCC[C@H]1C(=O)NCCN1C(=O)Nc1cnn(CC(C)C)c1CC. The van der Waals surface area contributed by atoms with Crippen LogP contribution in [0.25, 0.3) is 0 Å². The van der Waals surface area contributed by atoms with Crippen molar-refractivity contribution in [1.82, 2.24) is 20.0 Å². The quantitative estimate of drug-likeness (QED) is 0.837. The molecular formula is C17H29N5O2. The number of piperazine rings is 1. The van der Waals surface area contributed by atoms with Gasteiger partial charge in [0.15, 0.2) is 0 Å². The van der Waals surface area contributed by atoms with E-state index in [4.69, 9.17) is 0 Å². The number of nitrogens with zero attached hydrogens (tertiary/aromatic N) is 3. The van der Waals surface area contributed by atoms with Crippen molar-refractivity contribution in [3.63, 3.8) is 0 Å². The monoisotopic (exact) mass is 335 g/mol. The molecule has 0 saturated carbocycles. The average Bonchev–Trinajstić information content (AvgIpc) is 2.90. The number of hydrogen-bond donors (Lipinski definition) is 2. The summed E-state index contributed by atoms with van der Waals surface area (Å²) in [5, 5.41) is 10.2. The molecule has 7 nitrogen and oxygen atoms in total. The Balaban J connectivity index is 2.13. The van der Waals surface area contributed by atoms with Crippen LogP contribution in [-0.2, 0) is 17.8 Å². The fourth-order valence-corrected chi connectivity index (χ4v) is 3.10. The van der Waals surface area contributed by atoms with Crippen LogP contribution in [0.2, 0.25) is 0 Å². The van der Waals surface area contributed by atoms with Gasteiger partial charge in [-0.2, -0.15) is 5.10 Å². The smallest absolute Gasteiger partial charge is 0.322 e. The van der Waals surface area contributed by atoms with Gasteiger partial charge in [0.25, 0.3) is 0 Å². The Bertz CT molecular complexity index is 582. The maximum atomic E-state index is 12.7. The van der Waals surface area contributed by atoms with Crippen LogP contribution in [0, 0.1) is 5.92 Å². The van der Waals surface area contributed by atoms with Gasteiger partial charge in [-0.25, -0.2) is 4.79 Å². The number of hydrogen-bond acceptors (Lipinski definition) is 3. The van der Waals surface area contributed by atoms with E-state index in [1.165, 1.54) is 0 Å². The van der Waals surface area contributed by atoms with E-state index in [2.05, 4.69) is 36.5 Å². The molecule has 2 rings (SSSR count). The van der Waals surface area contributed by atoms with Crippen molar-refractivity contribution in [3.8, 4) is 0 Å². The molecule has 0 radical (unpaired) electrons. The summed E-state index contributed by atoms with van der Waals surface area (Å²) in [5.74, 6) is 0.419. The molecule has 1 aromatic heterocycles. The van der Waals surface area contributed by atoms with Crippen LogP contribution in [0.15, 0.2) is 6.20 Å². The van der Waals surface area contributed by atoms with Crippen molar-refractivity contribution in [2.75, 3.05) is 18.4 Å². The number of aromatic nitrogens is 2. The molecule has 2 N–H and O–H groups in total. The van der Waals surface area contributed by atoms with Gasteiger partial charge in [-0.3, -0.25) is 9.48 Å². The fourth-order valence-electron chi connectivity index (χ4n) is 3.10. The second kappa shape index (κ2) is 8.17. The predicted octanol–water partition coefficient (Wildman–Crippen LogP) is 2.23. The van der Waals surface area contributed by atoms with Gasteiger partial charge in [0.2, 0.25) is 5.91 Å². The molecule has 0 unspecified atom stereocenters. The molecule has 1 aliphatic rings. The number of nitrogens with one attached hydrogen (secondary N) is 2. The first-order chi connectivity index (χ1) is 11.5. The third-order valence-electron chi connectivity index (χ3n) is 4.22. The van der Waals surface area contributed by atoms with E-state index in [1.54, 1.807) is 11.1 Å². The van der Waals surface area contributed by atoms with Gasteiger partial charge in [0.1, 0.15) is 6.04 Å². The van der Waals surface area contributed by atoms with E-state index >= 15 is 0 Å². The second-order valence-electron chi connectivity index (χ2n) is 6.65. The first kappa shape index (κ1) is 18.3. The maximum Gasteiger partial charge on any atom is 0.322 e. The zero-order valence-corrected chi connectivity index (χ0v) is 15.1. The minimum absolute atomic E-state index is 0.0653. The molecule has 3 amide bonds. The number of rotatable bonds is 6. The summed E-state index contributed by atoms with van der Waals surface area (Å²) in [6.07, 6.45) is 4.03. The lowest BCUT2D eigenvalue weighted by Crippen LogP contribution is -2.58. The maximum absolute atomic E-state index is 12.7. The Morgan fingerprint density at radius 1 is 1.46 bits per heavy atom. The van der Waals surface area contributed by atoms with Crippen molar-refractivity contribution in [3.05, 3.63) is 11.9 Å². The van der Waals surface area contributed by atoms with Gasteiger partial charge in [-0.15, -0.1) is 0 Å². The van der Waals surface area contributed by atoms with Crippen LogP contribution in [-0.4, -0.2) is 45.8 Å². The summed E-state index contributed by atoms with van der Waals surface area (Å²) in [7, 11) is 0. The lowest BCUT2D eigenvalue weighted by Gasteiger charge is -2.34. The van der Waals surface area contributed by atoms with Crippen LogP contribution in [0.3, 0.4) is 0 Å². The largest absolute Gasteiger partial charge is 0.353 e. The Hall–Kier alpha value is -2.05. The molecule has 1 fully saturated rings. The number of anilines is 1. The highest BCUT2D eigenvalue weighted by atomic mass is 16.2. The first-order valence-corrected chi connectivity index (χ1v) is 8.87. The van der Waals surface area contributed by atoms with Gasteiger partial charge in [-0.05, 0) is 18.8 Å². The third kappa shape index (κ3) is 4.07.